The molecular weight excluding hydrogens is 396 g/mol. The summed E-state index contributed by atoms with van der Waals surface area (Å²) in [5.74, 6) is 0.518. The smallest absolute Gasteiger partial charge is 0.302 e. The van der Waals surface area contributed by atoms with Gasteiger partial charge in [0.2, 0.25) is 0 Å². The minimum Gasteiger partial charge on any atom is -0.463 e. The van der Waals surface area contributed by atoms with Gasteiger partial charge >= 0.3 is 5.97 Å². The number of fused-ring (bicyclic) bond motifs is 5. The van der Waals surface area contributed by atoms with Crippen molar-refractivity contribution in [3.63, 3.8) is 0 Å². The number of pyridine rings is 1. The maximum atomic E-state index is 11.6. The molecule has 1 saturated heterocycles. The standard InChI is InChI=1S/C28H40N2O2/c1-19(31)32-21-8-11-28(5)24(17-21)30-16-10-23-26(3)12-9-22(20-7-6-15-29-18-20)25(26,2)13-14-27(23,28)4/h6-7,9,15,18,21,23-24,30H,8,10-14,16-17H2,1-5H3/t21-,23?,24-,25+,26-,27-,28-/m0/s1. The van der Waals surface area contributed by atoms with E-state index in [4.69, 9.17) is 4.74 Å². The van der Waals surface area contributed by atoms with Gasteiger partial charge < -0.3 is 10.1 Å². The van der Waals surface area contributed by atoms with Crippen molar-refractivity contribution in [1.29, 1.82) is 0 Å². The fourth-order valence-electron chi connectivity index (χ4n) is 8.70. The van der Waals surface area contributed by atoms with Crippen LogP contribution in [0, 0.1) is 27.6 Å². The zero-order chi connectivity index (χ0) is 22.8. The van der Waals surface area contributed by atoms with Gasteiger partial charge in [0, 0.05) is 31.8 Å². The summed E-state index contributed by atoms with van der Waals surface area (Å²) in [7, 11) is 0. The molecule has 174 valence electrons. The molecule has 0 amide bonds. The van der Waals surface area contributed by atoms with Gasteiger partial charge in [-0.3, -0.25) is 9.78 Å². The molecule has 3 fully saturated rings. The molecular formula is C28H40N2O2. The number of hydrogen-bond donors (Lipinski definition) is 1. The van der Waals surface area contributed by atoms with Crippen LogP contribution in [0.5, 0.6) is 0 Å². The molecule has 32 heavy (non-hydrogen) atoms. The van der Waals surface area contributed by atoms with E-state index in [0.29, 0.717) is 12.0 Å². The van der Waals surface area contributed by atoms with Gasteiger partial charge in [0.15, 0.2) is 0 Å². The molecule has 4 nitrogen and oxygen atoms in total. The molecule has 3 aliphatic carbocycles. The van der Waals surface area contributed by atoms with E-state index in [9.17, 15) is 4.79 Å². The van der Waals surface area contributed by atoms with Crippen LogP contribution >= 0.6 is 0 Å². The molecule has 0 spiro atoms. The molecule has 1 aliphatic heterocycles. The van der Waals surface area contributed by atoms with Gasteiger partial charge in [-0.25, -0.2) is 0 Å². The van der Waals surface area contributed by atoms with Gasteiger partial charge in [0.05, 0.1) is 0 Å². The second-order valence-corrected chi connectivity index (χ2v) is 12.0. The molecule has 4 heteroatoms. The zero-order valence-corrected chi connectivity index (χ0v) is 20.5. The van der Waals surface area contributed by atoms with Crippen molar-refractivity contribution in [1.82, 2.24) is 10.3 Å². The molecule has 0 aromatic carbocycles. The molecule has 0 bridgehead atoms. The second kappa shape index (κ2) is 7.41. The number of aromatic nitrogens is 1. The van der Waals surface area contributed by atoms with Crippen LogP contribution in [0.15, 0.2) is 30.6 Å². The maximum Gasteiger partial charge on any atom is 0.302 e. The molecule has 1 aromatic rings. The van der Waals surface area contributed by atoms with E-state index in [1.807, 2.05) is 6.20 Å². The molecule has 4 aliphatic rings. The van der Waals surface area contributed by atoms with Crippen molar-refractivity contribution in [3.05, 3.63) is 36.2 Å². The SMILES string of the molecule is CC(=O)O[C@H]1CC[C@@]2(C)[C@H](C1)NCCC1[C@]2(C)CC[C@]2(C)C(c3cccnc3)=CC[C@@]12C. The fraction of sp³-hybridized carbons (Fsp3) is 0.714. The second-order valence-electron chi connectivity index (χ2n) is 12.0. The van der Waals surface area contributed by atoms with Crippen LogP contribution in [-0.4, -0.2) is 29.6 Å². The molecule has 1 aromatic heterocycles. The Bertz CT molecular complexity index is 929. The molecule has 2 heterocycles. The van der Waals surface area contributed by atoms with Crippen molar-refractivity contribution in [3.8, 4) is 0 Å². The third-order valence-corrected chi connectivity index (χ3v) is 11.0. The van der Waals surface area contributed by atoms with E-state index in [2.05, 4.69) is 62.4 Å². The lowest BCUT2D eigenvalue weighted by atomic mass is 9.39. The quantitative estimate of drug-likeness (QED) is 0.597. The van der Waals surface area contributed by atoms with Crippen molar-refractivity contribution >= 4 is 11.5 Å². The number of ether oxygens (including phenoxy) is 1. The summed E-state index contributed by atoms with van der Waals surface area (Å²) < 4.78 is 5.67. The first-order chi connectivity index (χ1) is 15.1. The number of carbonyl (C=O) groups is 1. The number of nitrogens with zero attached hydrogens (tertiary/aromatic N) is 1. The predicted octanol–water partition coefficient (Wildman–Crippen LogP) is 5.78. The summed E-state index contributed by atoms with van der Waals surface area (Å²) in [5, 5.41) is 3.94. The van der Waals surface area contributed by atoms with Crippen LogP contribution in [0.4, 0.5) is 0 Å². The normalized spacial score (nSPS) is 45.7. The first kappa shape index (κ1) is 22.1. The van der Waals surface area contributed by atoms with Gasteiger partial charge in [-0.15, -0.1) is 0 Å². The Balaban J connectivity index is 1.49. The summed E-state index contributed by atoms with van der Waals surface area (Å²) in [4.78, 5) is 16.0. The van der Waals surface area contributed by atoms with E-state index >= 15 is 0 Å². The number of rotatable bonds is 2. The van der Waals surface area contributed by atoms with Crippen LogP contribution in [0.1, 0.15) is 85.1 Å². The highest BCUT2D eigenvalue weighted by atomic mass is 16.5. The van der Waals surface area contributed by atoms with Gasteiger partial charge in [0.1, 0.15) is 6.10 Å². The Morgan fingerprint density at radius 1 is 1.09 bits per heavy atom. The highest BCUT2D eigenvalue weighted by molar-refractivity contribution is 5.73. The minimum absolute atomic E-state index is 0.0630. The van der Waals surface area contributed by atoms with E-state index < -0.39 is 0 Å². The maximum absolute atomic E-state index is 11.6. The largest absolute Gasteiger partial charge is 0.463 e. The van der Waals surface area contributed by atoms with Gasteiger partial charge in [0.25, 0.3) is 0 Å². The zero-order valence-electron chi connectivity index (χ0n) is 20.5. The Hall–Kier alpha value is -1.68. The van der Waals surface area contributed by atoms with Crippen LogP contribution in [0.2, 0.25) is 0 Å². The van der Waals surface area contributed by atoms with E-state index in [-0.39, 0.29) is 33.7 Å². The lowest BCUT2D eigenvalue weighted by molar-refractivity contribution is -0.165. The number of allylic oxidation sites excluding steroid dienone is 2. The van der Waals surface area contributed by atoms with Crippen molar-refractivity contribution in [2.75, 3.05) is 6.54 Å². The molecule has 2 saturated carbocycles. The van der Waals surface area contributed by atoms with E-state index in [1.165, 1.54) is 30.4 Å². The first-order valence-corrected chi connectivity index (χ1v) is 12.7. The summed E-state index contributed by atoms with van der Waals surface area (Å²) >= 11 is 0. The van der Waals surface area contributed by atoms with Crippen molar-refractivity contribution < 1.29 is 9.53 Å². The van der Waals surface area contributed by atoms with E-state index in [0.717, 1.165) is 32.2 Å². The van der Waals surface area contributed by atoms with Crippen LogP contribution in [-0.2, 0) is 9.53 Å². The average Bonchev–Trinajstić information content (AvgIpc) is 2.97. The summed E-state index contributed by atoms with van der Waals surface area (Å²) in [5.41, 5.74) is 3.75. The fourth-order valence-corrected chi connectivity index (χ4v) is 8.70. The Morgan fingerprint density at radius 3 is 2.62 bits per heavy atom. The third kappa shape index (κ3) is 2.90. The number of nitrogens with one attached hydrogen (secondary N) is 1. The molecule has 5 rings (SSSR count). The number of carbonyl (C=O) groups excluding carboxylic acids is 1. The van der Waals surface area contributed by atoms with Gasteiger partial charge in [-0.2, -0.15) is 0 Å². The lowest BCUT2D eigenvalue weighted by Gasteiger charge is -2.65. The van der Waals surface area contributed by atoms with Gasteiger partial charge in [-0.1, -0.05) is 39.8 Å². The molecule has 1 N–H and O–H groups in total. The summed E-state index contributed by atoms with van der Waals surface area (Å²) in [6.07, 6.45) is 14.5. The molecule has 1 unspecified atom stereocenters. The van der Waals surface area contributed by atoms with Crippen LogP contribution in [0.3, 0.4) is 0 Å². The Labute approximate surface area is 193 Å². The van der Waals surface area contributed by atoms with Gasteiger partial charge in [-0.05, 0) is 89.9 Å². The highest BCUT2D eigenvalue weighted by Gasteiger charge is 2.67. The number of esters is 1. The predicted molar refractivity (Wildman–Crippen MR) is 128 cm³/mol. The number of hydrogen-bond acceptors (Lipinski definition) is 4. The summed E-state index contributed by atoms with van der Waals surface area (Å²) in [6, 6.07) is 4.73. The van der Waals surface area contributed by atoms with E-state index in [1.54, 1.807) is 6.92 Å². The van der Waals surface area contributed by atoms with Crippen molar-refractivity contribution in [2.24, 2.45) is 27.6 Å². The lowest BCUT2D eigenvalue weighted by Crippen LogP contribution is -2.62. The average molecular weight is 437 g/mol. The van der Waals surface area contributed by atoms with Crippen LogP contribution in [0.25, 0.3) is 5.57 Å². The Morgan fingerprint density at radius 2 is 1.91 bits per heavy atom. The van der Waals surface area contributed by atoms with Crippen molar-refractivity contribution in [2.45, 2.75) is 91.7 Å². The van der Waals surface area contributed by atoms with Crippen LogP contribution < -0.4 is 5.32 Å². The monoisotopic (exact) mass is 436 g/mol. The minimum atomic E-state index is -0.141. The molecule has 0 radical (unpaired) electrons. The topological polar surface area (TPSA) is 51.2 Å². The first-order valence-electron chi connectivity index (χ1n) is 12.7. The summed E-state index contributed by atoms with van der Waals surface area (Å²) in [6.45, 7) is 12.9. The Kier molecular flexibility index (Phi) is 5.13. The highest BCUT2D eigenvalue weighted by Crippen LogP contribution is 2.74. The third-order valence-electron chi connectivity index (χ3n) is 11.0. The molecule has 7 atom stereocenters.